The average molecular weight is 266 g/mol. The van der Waals surface area contributed by atoms with E-state index in [0.717, 1.165) is 24.3 Å². The van der Waals surface area contributed by atoms with Crippen LogP contribution in [0.25, 0.3) is 0 Å². The first-order valence-electron chi connectivity index (χ1n) is 5.43. The molecule has 2 aromatic carbocycles. The van der Waals surface area contributed by atoms with Crippen LogP contribution in [0.1, 0.15) is 10.4 Å². The Kier molecular flexibility index (Phi) is 3.85. The van der Waals surface area contributed by atoms with Gasteiger partial charge >= 0.3 is 0 Å². The van der Waals surface area contributed by atoms with Crippen molar-refractivity contribution in [3.05, 3.63) is 65.5 Å². The zero-order valence-corrected chi connectivity index (χ0v) is 9.70. The van der Waals surface area contributed by atoms with Crippen molar-refractivity contribution in [1.82, 2.24) is 0 Å². The van der Waals surface area contributed by atoms with Crippen molar-refractivity contribution >= 4 is 5.78 Å². The van der Waals surface area contributed by atoms with Gasteiger partial charge in [0.25, 0.3) is 0 Å². The zero-order valence-electron chi connectivity index (χ0n) is 9.70. The fourth-order valence-electron chi connectivity index (χ4n) is 1.45. The molecule has 0 bridgehead atoms. The molecule has 0 aromatic heterocycles. The molecule has 2 rings (SSSR count). The van der Waals surface area contributed by atoms with Gasteiger partial charge in [0.05, 0.1) is 0 Å². The van der Waals surface area contributed by atoms with Gasteiger partial charge in [-0.15, -0.1) is 0 Å². The Bertz CT molecular complexity index is 594. The van der Waals surface area contributed by atoms with Gasteiger partial charge in [0.15, 0.2) is 24.0 Å². The van der Waals surface area contributed by atoms with E-state index in [-0.39, 0.29) is 11.3 Å². The molecule has 0 fully saturated rings. The molecule has 0 aliphatic carbocycles. The highest BCUT2D eigenvalue weighted by molar-refractivity contribution is 5.97. The minimum absolute atomic E-state index is 0.211. The van der Waals surface area contributed by atoms with E-state index in [0.29, 0.717) is 6.07 Å². The second kappa shape index (κ2) is 5.56. The van der Waals surface area contributed by atoms with Crippen LogP contribution in [0, 0.1) is 17.5 Å². The number of benzene rings is 2. The van der Waals surface area contributed by atoms with E-state index in [9.17, 15) is 18.0 Å². The summed E-state index contributed by atoms with van der Waals surface area (Å²) in [5, 5.41) is 0. The number of ketones is 1. The van der Waals surface area contributed by atoms with Crippen molar-refractivity contribution < 1.29 is 22.7 Å². The Morgan fingerprint density at radius 3 is 2.21 bits per heavy atom. The van der Waals surface area contributed by atoms with Crippen LogP contribution >= 0.6 is 0 Å². The van der Waals surface area contributed by atoms with Crippen LogP contribution < -0.4 is 4.74 Å². The lowest BCUT2D eigenvalue weighted by Gasteiger charge is -2.06. The standard InChI is InChI=1S/C14H9F3O2/c15-10-3-1-9(2-4-10)13(18)8-19-14-6-5-11(16)7-12(14)17/h1-7H,8H2. The Labute approximate surface area is 107 Å². The number of Topliss-reactive ketones (excluding diaryl/α,β-unsaturated/α-hetero) is 1. The van der Waals surface area contributed by atoms with Crippen LogP contribution in [-0.4, -0.2) is 12.4 Å². The second-order valence-electron chi connectivity index (χ2n) is 3.79. The molecule has 98 valence electrons. The highest BCUT2D eigenvalue weighted by Crippen LogP contribution is 2.17. The van der Waals surface area contributed by atoms with Gasteiger partial charge in [0.1, 0.15) is 11.6 Å². The number of halogens is 3. The van der Waals surface area contributed by atoms with Gasteiger partial charge in [0.2, 0.25) is 0 Å². The van der Waals surface area contributed by atoms with Crippen molar-refractivity contribution in [2.24, 2.45) is 0 Å². The molecular weight excluding hydrogens is 257 g/mol. The van der Waals surface area contributed by atoms with Crippen LogP contribution in [0.15, 0.2) is 42.5 Å². The van der Waals surface area contributed by atoms with Gasteiger partial charge in [-0.2, -0.15) is 0 Å². The summed E-state index contributed by atoms with van der Waals surface area (Å²) in [6.07, 6.45) is 0. The van der Waals surface area contributed by atoms with Crippen LogP contribution in [0.3, 0.4) is 0 Å². The molecule has 0 aliphatic heterocycles. The van der Waals surface area contributed by atoms with Gasteiger partial charge < -0.3 is 4.74 Å². The normalized spacial score (nSPS) is 10.3. The van der Waals surface area contributed by atoms with E-state index in [1.807, 2.05) is 0 Å². The fraction of sp³-hybridized carbons (Fsp3) is 0.0714. The first-order chi connectivity index (χ1) is 9.06. The molecule has 2 nitrogen and oxygen atoms in total. The number of ether oxygens (including phenoxy) is 1. The molecule has 0 amide bonds. The predicted octanol–water partition coefficient (Wildman–Crippen LogP) is 3.37. The Morgan fingerprint density at radius 2 is 1.58 bits per heavy atom. The van der Waals surface area contributed by atoms with E-state index in [4.69, 9.17) is 4.74 Å². The molecule has 0 heterocycles. The second-order valence-corrected chi connectivity index (χ2v) is 3.79. The van der Waals surface area contributed by atoms with Crippen molar-refractivity contribution in [2.75, 3.05) is 6.61 Å². The lowest BCUT2D eigenvalue weighted by atomic mass is 10.1. The van der Waals surface area contributed by atoms with Crippen molar-refractivity contribution in [1.29, 1.82) is 0 Å². The molecule has 0 saturated heterocycles. The molecule has 0 spiro atoms. The van der Waals surface area contributed by atoms with Crippen LogP contribution in [0.5, 0.6) is 5.75 Å². The van der Waals surface area contributed by atoms with Crippen molar-refractivity contribution in [2.45, 2.75) is 0 Å². The number of carbonyl (C=O) groups is 1. The number of carbonyl (C=O) groups excluding carboxylic acids is 1. The molecule has 2 aromatic rings. The summed E-state index contributed by atoms with van der Waals surface area (Å²) in [5.41, 5.74) is 0.254. The molecular formula is C14H9F3O2. The summed E-state index contributed by atoms with van der Waals surface area (Å²) in [6, 6.07) is 7.70. The molecule has 0 unspecified atom stereocenters. The SMILES string of the molecule is O=C(COc1ccc(F)cc1F)c1ccc(F)cc1. The molecule has 19 heavy (non-hydrogen) atoms. The van der Waals surface area contributed by atoms with E-state index >= 15 is 0 Å². The van der Waals surface area contributed by atoms with Crippen LogP contribution in [0.4, 0.5) is 13.2 Å². The van der Waals surface area contributed by atoms with E-state index in [2.05, 4.69) is 0 Å². The van der Waals surface area contributed by atoms with E-state index in [1.165, 1.54) is 12.1 Å². The monoisotopic (exact) mass is 266 g/mol. The lowest BCUT2D eigenvalue weighted by Crippen LogP contribution is -2.12. The highest BCUT2D eigenvalue weighted by Gasteiger charge is 2.10. The highest BCUT2D eigenvalue weighted by atomic mass is 19.1. The average Bonchev–Trinajstić information content (AvgIpc) is 2.38. The lowest BCUT2D eigenvalue weighted by molar-refractivity contribution is 0.0918. The summed E-state index contributed by atoms with van der Waals surface area (Å²) in [6.45, 7) is -0.409. The van der Waals surface area contributed by atoms with Crippen molar-refractivity contribution in [3.63, 3.8) is 0 Å². The maximum Gasteiger partial charge on any atom is 0.200 e. The topological polar surface area (TPSA) is 26.3 Å². The zero-order chi connectivity index (χ0) is 13.8. The minimum Gasteiger partial charge on any atom is -0.482 e. The fourth-order valence-corrected chi connectivity index (χ4v) is 1.45. The smallest absolute Gasteiger partial charge is 0.200 e. The van der Waals surface area contributed by atoms with Crippen LogP contribution in [0.2, 0.25) is 0 Å². The van der Waals surface area contributed by atoms with Gasteiger partial charge in [-0.25, -0.2) is 13.2 Å². The van der Waals surface area contributed by atoms with Gasteiger partial charge in [0, 0.05) is 11.6 Å². The van der Waals surface area contributed by atoms with Crippen molar-refractivity contribution in [3.8, 4) is 5.75 Å². The maximum absolute atomic E-state index is 13.2. The van der Waals surface area contributed by atoms with Gasteiger partial charge in [-0.1, -0.05) is 0 Å². The quantitative estimate of drug-likeness (QED) is 0.793. The molecule has 0 atom stereocenters. The van der Waals surface area contributed by atoms with E-state index < -0.39 is 29.8 Å². The number of hydrogen-bond acceptors (Lipinski definition) is 2. The third kappa shape index (κ3) is 3.34. The summed E-state index contributed by atoms with van der Waals surface area (Å²) < 4.78 is 43.5. The predicted molar refractivity (Wildman–Crippen MR) is 62.6 cm³/mol. The maximum atomic E-state index is 13.2. The molecule has 0 aliphatic rings. The third-order valence-electron chi connectivity index (χ3n) is 2.42. The van der Waals surface area contributed by atoms with Crippen LogP contribution in [-0.2, 0) is 0 Å². The summed E-state index contributed by atoms with van der Waals surface area (Å²) in [5.74, 6) is -2.70. The molecule has 0 saturated carbocycles. The van der Waals surface area contributed by atoms with Gasteiger partial charge in [-0.05, 0) is 36.4 Å². The third-order valence-corrected chi connectivity index (χ3v) is 2.42. The largest absolute Gasteiger partial charge is 0.482 e. The van der Waals surface area contributed by atoms with Gasteiger partial charge in [-0.3, -0.25) is 4.79 Å². The Balaban J connectivity index is 2.02. The summed E-state index contributed by atoms with van der Waals surface area (Å²) in [7, 11) is 0. The summed E-state index contributed by atoms with van der Waals surface area (Å²) >= 11 is 0. The minimum atomic E-state index is -0.882. The molecule has 0 radical (unpaired) electrons. The first kappa shape index (κ1) is 13.1. The number of rotatable bonds is 4. The van der Waals surface area contributed by atoms with E-state index in [1.54, 1.807) is 0 Å². The molecule has 0 N–H and O–H groups in total. The molecule has 5 heteroatoms. The summed E-state index contributed by atoms with van der Waals surface area (Å²) in [4.78, 5) is 11.7. The Hall–Kier alpha value is -2.30. The Morgan fingerprint density at radius 1 is 0.947 bits per heavy atom. The first-order valence-corrected chi connectivity index (χ1v) is 5.43. The number of hydrogen-bond donors (Lipinski definition) is 0.